The van der Waals surface area contributed by atoms with E-state index in [4.69, 9.17) is 4.74 Å². The van der Waals surface area contributed by atoms with Crippen molar-refractivity contribution in [1.29, 1.82) is 0 Å². The minimum absolute atomic E-state index is 0.102. The molecular formula is C26H36FNO4. The van der Waals surface area contributed by atoms with Crippen LogP contribution in [-0.4, -0.2) is 41.0 Å². The second-order valence-electron chi connectivity index (χ2n) is 8.85. The van der Waals surface area contributed by atoms with E-state index < -0.39 is 18.3 Å². The molecule has 3 atom stereocenters. The van der Waals surface area contributed by atoms with Gasteiger partial charge in [-0.05, 0) is 65.6 Å². The van der Waals surface area contributed by atoms with Gasteiger partial charge in [0, 0.05) is 13.5 Å². The second kappa shape index (κ2) is 11.4. The predicted molar refractivity (Wildman–Crippen MR) is 125 cm³/mol. The summed E-state index contributed by atoms with van der Waals surface area (Å²) in [6.07, 6.45) is -0.610. The Morgan fingerprint density at radius 3 is 2.53 bits per heavy atom. The van der Waals surface area contributed by atoms with Crippen LogP contribution in [0.3, 0.4) is 0 Å². The van der Waals surface area contributed by atoms with Crippen LogP contribution in [0.5, 0.6) is 5.75 Å². The van der Waals surface area contributed by atoms with Crippen molar-refractivity contribution in [2.45, 2.75) is 72.2 Å². The lowest BCUT2D eigenvalue weighted by Gasteiger charge is -2.41. The molecule has 0 radical (unpaired) electrons. The standard InChI is InChI=1S/C24H30FNO4.C2H6/c1-15(27)26-10-9-16-7-8-19(12-20(16)17-5-4-6-18(25)11-17)30-22-14-24(2,3)13-21(28)23(22)29;1-2/h4-8,11-12,21-23,28-29H,9-10,13-14H2,1-3H3,(H,26,27);1-2H3. The van der Waals surface area contributed by atoms with E-state index in [1.165, 1.54) is 19.1 Å². The van der Waals surface area contributed by atoms with Crippen LogP contribution in [0.15, 0.2) is 42.5 Å². The molecule has 2 aromatic carbocycles. The molecule has 5 nitrogen and oxygen atoms in total. The number of benzene rings is 2. The molecule has 0 heterocycles. The molecular weight excluding hydrogens is 409 g/mol. The van der Waals surface area contributed by atoms with Gasteiger partial charge in [-0.15, -0.1) is 0 Å². The molecule has 176 valence electrons. The normalized spacial score (nSPS) is 21.8. The number of rotatable bonds is 6. The first-order valence-corrected chi connectivity index (χ1v) is 11.3. The molecule has 32 heavy (non-hydrogen) atoms. The summed E-state index contributed by atoms with van der Waals surface area (Å²) >= 11 is 0. The smallest absolute Gasteiger partial charge is 0.216 e. The van der Waals surface area contributed by atoms with Crippen molar-refractivity contribution in [1.82, 2.24) is 5.32 Å². The summed E-state index contributed by atoms with van der Waals surface area (Å²) in [6, 6.07) is 11.9. The molecule has 0 bridgehead atoms. The van der Waals surface area contributed by atoms with Gasteiger partial charge in [0.1, 0.15) is 23.8 Å². The van der Waals surface area contributed by atoms with Crippen LogP contribution in [0, 0.1) is 11.2 Å². The largest absolute Gasteiger partial charge is 0.488 e. The van der Waals surface area contributed by atoms with E-state index in [0.717, 1.165) is 11.1 Å². The van der Waals surface area contributed by atoms with Crippen molar-refractivity contribution in [3.05, 3.63) is 53.8 Å². The van der Waals surface area contributed by atoms with Crippen molar-refractivity contribution in [3.8, 4) is 16.9 Å². The average molecular weight is 446 g/mol. The van der Waals surface area contributed by atoms with Gasteiger partial charge < -0.3 is 20.3 Å². The number of aliphatic hydroxyl groups is 2. The predicted octanol–water partition coefficient (Wildman–Crippen LogP) is 4.49. The summed E-state index contributed by atoms with van der Waals surface area (Å²) in [4.78, 5) is 11.2. The fourth-order valence-corrected chi connectivity index (χ4v) is 4.11. The number of amides is 1. The zero-order chi connectivity index (χ0) is 23.9. The molecule has 0 saturated heterocycles. The molecule has 1 amide bonds. The number of halogens is 1. The van der Waals surface area contributed by atoms with Crippen LogP contribution in [0.4, 0.5) is 4.39 Å². The van der Waals surface area contributed by atoms with Crippen molar-refractivity contribution >= 4 is 5.91 Å². The molecule has 2 aromatic rings. The van der Waals surface area contributed by atoms with E-state index in [2.05, 4.69) is 5.32 Å². The maximum Gasteiger partial charge on any atom is 0.216 e. The molecule has 3 unspecified atom stereocenters. The number of aliphatic hydroxyl groups excluding tert-OH is 2. The SMILES string of the molecule is CC.CC(=O)NCCc1ccc(OC2CC(C)(C)CC(O)C2O)cc1-c1cccc(F)c1. The zero-order valence-electron chi connectivity index (χ0n) is 19.7. The molecule has 0 spiro atoms. The molecule has 0 aliphatic heterocycles. The van der Waals surface area contributed by atoms with E-state index in [-0.39, 0.29) is 17.1 Å². The number of hydrogen-bond donors (Lipinski definition) is 3. The number of hydrogen-bond acceptors (Lipinski definition) is 4. The van der Waals surface area contributed by atoms with Gasteiger partial charge >= 0.3 is 0 Å². The molecule has 6 heteroatoms. The molecule has 0 aromatic heterocycles. The van der Waals surface area contributed by atoms with Gasteiger partial charge in [-0.25, -0.2) is 4.39 Å². The van der Waals surface area contributed by atoms with Gasteiger partial charge in [0.15, 0.2) is 0 Å². The van der Waals surface area contributed by atoms with Crippen LogP contribution in [0.2, 0.25) is 0 Å². The highest BCUT2D eigenvalue weighted by atomic mass is 19.1. The number of ether oxygens (including phenoxy) is 1. The van der Waals surface area contributed by atoms with E-state index >= 15 is 0 Å². The summed E-state index contributed by atoms with van der Waals surface area (Å²) in [5.74, 6) is 0.111. The fourth-order valence-electron chi connectivity index (χ4n) is 4.11. The van der Waals surface area contributed by atoms with Crippen molar-refractivity contribution in [2.24, 2.45) is 5.41 Å². The lowest BCUT2D eigenvalue weighted by Crippen LogP contribution is -2.49. The Morgan fingerprint density at radius 2 is 1.88 bits per heavy atom. The van der Waals surface area contributed by atoms with Gasteiger partial charge in [-0.2, -0.15) is 0 Å². The van der Waals surface area contributed by atoms with Crippen molar-refractivity contribution in [2.75, 3.05) is 6.54 Å². The van der Waals surface area contributed by atoms with Crippen LogP contribution in [-0.2, 0) is 11.2 Å². The van der Waals surface area contributed by atoms with Crippen LogP contribution in [0.25, 0.3) is 11.1 Å². The number of nitrogens with one attached hydrogen (secondary N) is 1. The summed E-state index contributed by atoms with van der Waals surface area (Å²) in [5, 5.41) is 23.4. The monoisotopic (exact) mass is 445 g/mol. The Hall–Kier alpha value is -2.44. The van der Waals surface area contributed by atoms with E-state index in [1.54, 1.807) is 6.07 Å². The first-order chi connectivity index (χ1) is 15.1. The third-order valence-electron chi connectivity index (χ3n) is 5.56. The second-order valence-corrected chi connectivity index (χ2v) is 8.85. The maximum absolute atomic E-state index is 13.8. The molecule has 3 N–H and O–H groups in total. The fraction of sp³-hybridized carbons (Fsp3) is 0.500. The summed E-state index contributed by atoms with van der Waals surface area (Å²) in [7, 11) is 0. The van der Waals surface area contributed by atoms with Crippen LogP contribution < -0.4 is 10.1 Å². The Bertz CT molecular complexity index is 899. The van der Waals surface area contributed by atoms with E-state index in [1.807, 2.05) is 52.0 Å². The van der Waals surface area contributed by atoms with Gasteiger partial charge in [0.2, 0.25) is 5.91 Å². The number of carbonyl (C=O) groups excluding carboxylic acids is 1. The quantitative estimate of drug-likeness (QED) is 0.612. The van der Waals surface area contributed by atoms with E-state index in [9.17, 15) is 19.4 Å². The van der Waals surface area contributed by atoms with Gasteiger partial charge in [0.25, 0.3) is 0 Å². The highest BCUT2D eigenvalue weighted by molar-refractivity contribution is 5.73. The summed E-state index contributed by atoms with van der Waals surface area (Å²) in [5.41, 5.74) is 2.32. The van der Waals surface area contributed by atoms with Crippen LogP contribution in [0.1, 0.15) is 53.0 Å². The Balaban J connectivity index is 0.00000176. The van der Waals surface area contributed by atoms with Gasteiger partial charge in [-0.1, -0.05) is 45.9 Å². The van der Waals surface area contributed by atoms with Crippen molar-refractivity contribution < 1.29 is 24.1 Å². The third kappa shape index (κ3) is 7.04. The minimum atomic E-state index is -0.963. The highest BCUT2D eigenvalue weighted by Gasteiger charge is 2.41. The topological polar surface area (TPSA) is 78.8 Å². The van der Waals surface area contributed by atoms with E-state index in [0.29, 0.717) is 37.1 Å². The minimum Gasteiger partial charge on any atom is -0.488 e. The molecule has 1 fully saturated rings. The summed E-state index contributed by atoms with van der Waals surface area (Å²) < 4.78 is 19.9. The lowest BCUT2D eigenvalue weighted by molar-refractivity contribution is -0.118. The summed E-state index contributed by atoms with van der Waals surface area (Å²) in [6.45, 7) is 10.0. The number of carbonyl (C=O) groups is 1. The van der Waals surface area contributed by atoms with Crippen LogP contribution >= 0.6 is 0 Å². The highest BCUT2D eigenvalue weighted by Crippen LogP contribution is 2.38. The third-order valence-corrected chi connectivity index (χ3v) is 5.56. The Labute approximate surface area is 190 Å². The Kier molecular flexibility index (Phi) is 9.22. The molecule has 3 rings (SSSR count). The first kappa shape index (κ1) is 25.8. The van der Waals surface area contributed by atoms with Gasteiger partial charge in [0.05, 0.1) is 6.10 Å². The van der Waals surface area contributed by atoms with Crippen molar-refractivity contribution in [3.63, 3.8) is 0 Å². The Morgan fingerprint density at radius 1 is 1.16 bits per heavy atom. The van der Waals surface area contributed by atoms with Gasteiger partial charge in [-0.3, -0.25) is 4.79 Å². The zero-order valence-corrected chi connectivity index (χ0v) is 19.7. The first-order valence-electron chi connectivity index (χ1n) is 11.3. The maximum atomic E-state index is 13.8. The lowest BCUT2D eigenvalue weighted by atomic mass is 9.73. The average Bonchev–Trinajstić information content (AvgIpc) is 2.73. The molecule has 1 aliphatic rings. The molecule has 1 saturated carbocycles. The molecule has 1 aliphatic carbocycles.